The van der Waals surface area contributed by atoms with Crippen LogP contribution < -0.4 is 0 Å². The molecule has 0 bridgehead atoms. The fourth-order valence-electron chi connectivity index (χ4n) is 4.39. The maximum atomic E-state index is 12.1. The maximum Gasteiger partial charge on any atom is 0.192 e. The van der Waals surface area contributed by atoms with Gasteiger partial charge in [0.1, 0.15) is 0 Å². The molecule has 5 heteroatoms. The predicted octanol–water partition coefficient (Wildman–Crippen LogP) is 8.54. The van der Waals surface area contributed by atoms with Crippen molar-refractivity contribution in [2.45, 2.75) is 104 Å². The molecule has 0 fully saturated rings. The van der Waals surface area contributed by atoms with Crippen LogP contribution in [0.5, 0.6) is 0 Å². The van der Waals surface area contributed by atoms with Crippen molar-refractivity contribution < 1.29 is 18.7 Å². The Labute approximate surface area is 231 Å². The summed E-state index contributed by atoms with van der Waals surface area (Å²) in [6.45, 7) is 14.3. The van der Waals surface area contributed by atoms with Gasteiger partial charge in [-0.1, -0.05) is 94.4 Å². The minimum Gasteiger partial charge on any atom is -0.410 e. The molecule has 38 heavy (non-hydrogen) atoms. The molecule has 3 rings (SSSR count). The fourth-order valence-corrected chi connectivity index (χ4v) is 5.72. The zero-order chi connectivity index (χ0) is 27.6. The normalized spacial score (nSPS) is 17.0. The second-order valence-corrected chi connectivity index (χ2v) is 16.4. The van der Waals surface area contributed by atoms with E-state index in [-0.39, 0.29) is 16.9 Å². The van der Waals surface area contributed by atoms with Crippen molar-refractivity contribution in [1.82, 2.24) is 0 Å². The van der Waals surface area contributed by atoms with Gasteiger partial charge in [0.2, 0.25) is 0 Å². The van der Waals surface area contributed by atoms with Crippen molar-refractivity contribution >= 4 is 14.1 Å². The maximum absolute atomic E-state index is 12.1. The summed E-state index contributed by atoms with van der Waals surface area (Å²) in [4.78, 5) is 12.1. The van der Waals surface area contributed by atoms with Crippen LogP contribution in [0, 0.1) is 0 Å². The number of hydrogen-bond donors (Lipinski definition) is 0. The lowest BCUT2D eigenvalue weighted by Crippen LogP contribution is -2.45. The van der Waals surface area contributed by atoms with Gasteiger partial charge in [0.25, 0.3) is 0 Å². The summed E-state index contributed by atoms with van der Waals surface area (Å²) in [5.41, 5.74) is 4.61. The van der Waals surface area contributed by atoms with Crippen LogP contribution in [0.25, 0.3) is 0 Å². The number of rotatable bonds is 13. The molecule has 0 N–H and O–H groups in total. The summed E-state index contributed by atoms with van der Waals surface area (Å²) in [7, 11) is -2.02. The molecule has 1 aliphatic carbocycles. The highest BCUT2D eigenvalue weighted by Gasteiger charge is 2.41. The third kappa shape index (κ3) is 8.87. The molecule has 0 radical (unpaired) electrons. The molecule has 0 saturated carbocycles. The van der Waals surface area contributed by atoms with Gasteiger partial charge in [-0.05, 0) is 72.2 Å². The largest absolute Gasteiger partial charge is 0.410 e. The van der Waals surface area contributed by atoms with E-state index >= 15 is 0 Å². The van der Waals surface area contributed by atoms with Gasteiger partial charge in [-0.15, -0.1) is 0 Å². The lowest BCUT2D eigenvalue weighted by molar-refractivity contribution is -0.136. The van der Waals surface area contributed by atoms with Crippen LogP contribution in [0.15, 0.2) is 84.0 Å². The van der Waals surface area contributed by atoms with Crippen LogP contribution in [-0.4, -0.2) is 26.5 Å². The first-order valence-electron chi connectivity index (χ1n) is 14.0. The molecule has 206 valence electrons. The summed E-state index contributed by atoms with van der Waals surface area (Å²) >= 11 is 0. The number of benzene rings is 2. The molecule has 4 nitrogen and oxygen atoms in total. The SMILES string of the molecule is CCC(=O)/C=C/CC1=C(C(OCc2ccccc2)OCc2ccccc2)CCCC1O[Si](C)(C)C(C)(C)C. The lowest BCUT2D eigenvalue weighted by atomic mass is 9.87. The zero-order valence-electron chi connectivity index (χ0n) is 24.2. The zero-order valence-corrected chi connectivity index (χ0v) is 25.2. The van der Waals surface area contributed by atoms with E-state index in [1.54, 1.807) is 6.08 Å². The molecule has 0 aliphatic heterocycles. The lowest BCUT2D eigenvalue weighted by Gasteiger charge is -2.42. The van der Waals surface area contributed by atoms with E-state index in [9.17, 15) is 4.79 Å². The van der Waals surface area contributed by atoms with E-state index in [2.05, 4.69) is 58.1 Å². The summed E-state index contributed by atoms with van der Waals surface area (Å²) < 4.78 is 20.0. The van der Waals surface area contributed by atoms with Gasteiger partial charge in [-0.25, -0.2) is 0 Å². The summed E-state index contributed by atoms with van der Waals surface area (Å²) in [6.07, 6.45) is 7.32. The van der Waals surface area contributed by atoms with E-state index in [0.29, 0.717) is 26.1 Å². The van der Waals surface area contributed by atoms with E-state index in [1.807, 2.05) is 49.4 Å². The van der Waals surface area contributed by atoms with E-state index in [4.69, 9.17) is 13.9 Å². The number of ether oxygens (including phenoxy) is 2. The standard InChI is InChI=1S/C33H46O4Si/c1-7-28(34)20-14-21-29-30(22-15-23-31(29)37-38(5,6)33(2,3)4)32(35-24-26-16-10-8-11-17-26)36-25-27-18-12-9-13-19-27/h8-14,16-20,31-32H,7,15,21-25H2,1-6H3/b20-14+. The monoisotopic (exact) mass is 534 g/mol. The third-order valence-electron chi connectivity index (χ3n) is 7.72. The molecule has 2 aromatic carbocycles. The highest BCUT2D eigenvalue weighted by Crippen LogP contribution is 2.41. The topological polar surface area (TPSA) is 44.8 Å². The van der Waals surface area contributed by atoms with Crippen molar-refractivity contribution in [3.63, 3.8) is 0 Å². The smallest absolute Gasteiger partial charge is 0.192 e. The molecule has 1 atom stereocenters. The van der Waals surface area contributed by atoms with Crippen LogP contribution in [0.3, 0.4) is 0 Å². The second-order valence-electron chi connectivity index (χ2n) is 11.7. The van der Waals surface area contributed by atoms with Crippen LogP contribution in [0.1, 0.15) is 70.9 Å². The number of ketones is 1. The highest BCUT2D eigenvalue weighted by molar-refractivity contribution is 6.74. The molecule has 0 heterocycles. The Hall–Kier alpha value is -2.31. The molecule has 1 unspecified atom stereocenters. The van der Waals surface area contributed by atoms with Crippen LogP contribution in [-0.2, 0) is 31.9 Å². The van der Waals surface area contributed by atoms with Gasteiger partial charge >= 0.3 is 0 Å². The minimum atomic E-state index is -2.02. The van der Waals surface area contributed by atoms with Crippen molar-refractivity contribution in [1.29, 1.82) is 0 Å². The van der Waals surface area contributed by atoms with Crippen LogP contribution >= 0.6 is 0 Å². The van der Waals surface area contributed by atoms with E-state index < -0.39 is 14.6 Å². The molecular weight excluding hydrogens is 488 g/mol. The molecule has 0 aromatic heterocycles. The molecule has 0 saturated heterocycles. The molecular formula is C33H46O4Si. The Kier molecular flexibility index (Phi) is 11.3. The Morgan fingerprint density at radius 1 is 0.974 bits per heavy atom. The first-order valence-corrected chi connectivity index (χ1v) is 16.9. The average Bonchev–Trinajstić information content (AvgIpc) is 2.90. The summed E-state index contributed by atoms with van der Waals surface area (Å²) in [6, 6.07) is 20.5. The summed E-state index contributed by atoms with van der Waals surface area (Å²) in [5.74, 6) is 0.141. The molecule has 0 amide bonds. The average molecular weight is 535 g/mol. The molecule has 0 spiro atoms. The predicted molar refractivity (Wildman–Crippen MR) is 158 cm³/mol. The van der Waals surface area contributed by atoms with E-state index in [1.165, 1.54) is 11.1 Å². The van der Waals surface area contributed by atoms with Gasteiger partial charge in [-0.3, -0.25) is 4.79 Å². The second kappa shape index (κ2) is 14.2. The van der Waals surface area contributed by atoms with Gasteiger partial charge in [0.15, 0.2) is 20.4 Å². The van der Waals surface area contributed by atoms with Crippen molar-refractivity contribution in [2.24, 2.45) is 0 Å². The Balaban J connectivity index is 1.96. The molecule has 2 aromatic rings. The number of carbonyl (C=O) groups is 1. The van der Waals surface area contributed by atoms with Gasteiger partial charge in [0, 0.05) is 6.42 Å². The van der Waals surface area contributed by atoms with Crippen LogP contribution in [0.4, 0.5) is 0 Å². The van der Waals surface area contributed by atoms with Gasteiger partial charge in [0.05, 0.1) is 19.3 Å². The Morgan fingerprint density at radius 2 is 1.53 bits per heavy atom. The number of allylic oxidation sites excluding steroid dienone is 2. The van der Waals surface area contributed by atoms with Crippen molar-refractivity contribution in [2.75, 3.05) is 0 Å². The quantitative estimate of drug-likeness (QED) is 0.112. The minimum absolute atomic E-state index is 0.00386. The van der Waals surface area contributed by atoms with Crippen LogP contribution in [0.2, 0.25) is 18.1 Å². The third-order valence-corrected chi connectivity index (χ3v) is 12.2. The first kappa shape index (κ1) is 30.2. The number of hydrogen-bond acceptors (Lipinski definition) is 4. The Bertz CT molecular complexity index is 1020. The van der Waals surface area contributed by atoms with Crippen molar-refractivity contribution in [3.8, 4) is 0 Å². The van der Waals surface area contributed by atoms with Gasteiger partial charge in [-0.2, -0.15) is 0 Å². The fraction of sp³-hybridized carbons (Fsp3) is 0.485. The van der Waals surface area contributed by atoms with Gasteiger partial charge < -0.3 is 13.9 Å². The Morgan fingerprint density at radius 3 is 2.03 bits per heavy atom. The molecule has 1 aliphatic rings. The van der Waals surface area contributed by atoms with E-state index in [0.717, 1.165) is 30.4 Å². The summed E-state index contributed by atoms with van der Waals surface area (Å²) in [5, 5.41) is 0.108. The first-order chi connectivity index (χ1) is 18.1. The highest BCUT2D eigenvalue weighted by atomic mass is 28.4. The van der Waals surface area contributed by atoms with Crippen molar-refractivity contribution in [3.05, 3.63) is 95.1 Å². The number of carbonyl (C=O) groups excluding carboxylic acids is 1.